The van der Waals surface area contributed by atoms with Gasteiger partial charge in [0.1, 0.15) is 5.25 Å². The van der Waals surface area contributed by atoms with Gasteiger partial charge in [-0.1, -0.05) is 89.6 Å². The van der Waals surface area contributed by atoms with Gasteiger partial charge in [0.05, 0.1) is 6.04 Å². The molecule has 0 aliphatic carbocycles. The molecular weight excluding hydrogens is 454 g/mol. The van der Waals surface area contributed by atoms with E-state index in [-0.39, 0.29) is 11.9 Å². The molecule has 166 valence electrons. The Balaban J connectivity index is 1.50. The lowest BCUT2D eigenvalue weighted by Gasteiger charge is -2.33. The molecule has 0 spiro atoms. The number of carbonyl (C=O) groups excluding carboxylic acids is 1. The van der Waals surface area contributed by atoms with Crippen LogP contribution in [0.15, 0.2) is 78.0 Å². The van der Waals surface area contributed by atoms with Crippen molar-refractivity contribution in [3.05, 3.63) is 94.5 Å². The summed E-state index contributed by atoms with van der Waals surface area (Å²) in [6.45, 7) is 3.98. The number of amides is 1. The summed E-state index contributed by atoms with van der Waals surface area (Å²) in [6, 6.07) is 23.3. The van der Waals surface area contributed by atoms with E-state index in [1.165, 1.54) is 11.8 Å². The number of hydrogen-bond donors (Lipinski definition) is 2. The van der Waals surface area contributed by atoms with Gasteiger partial charge in [-0.25, -0.2) is 4.68 Å². The Bertz CT molecular complexity index is 1310. The summed E-state index contributed by atoms with van der Waals surface area (Å²) in [5, 5.41) is 12.6. The normalized spacial score (nSPS) is 17.2. The molecule has 2 N–H and O–H groups in total. The molecule has 0 bridgehead atoms. The molecule has 2 atom stereocenters. The first kappa shape index (κ1) is 21.6. The molecule has 1 aromatic heterocycles. The summed E-state index contributed by atoms with van der Waals surface area (Å²) in [5.74, 6) is 0.577. The first-order chi connectivity index (χ1) is 16.0. The summed E-state index contributed by atoms with van der Waals surface area (Å²) in [5.41, 5.74) is 8.24. The highest BCUT2D eigenvalue weighted by atomic mass is 35.5. The molecule has 0 saturated carbocycles. The minimum Gasteiger partial charge on any atom is -0.325 e. The maximum Gasteiger partial charge on any atom is 0.240 e. The Hall–Kier alpha value is -3.29. The van der Waals surface area contributed by atoms with Gasteiger partial charge in [0.15, 0.2) is 5.82 Å². The van der Waals surface area contributed by atoms with Gasteiger partial charge in [-0.15, -0.1) is 10.2 Å². The highest BCUT2D eigenvalue weighted by molar-refractivity contribution is 8.00. The third kappa shape index (κ3) is 4.34. The van der Waals surface area contributed by atoms with Crippen molar-refractivity contribution in [2.24, 2.45) is 0 Å². The van der Waals surface area contributed by atoms with Crippen LogP contribution in [-0.4, -0.2) is 26.0 Å². The summed E-state index contributed by atoms with van der Waals surface area (Å²) in [4.78, 5) is 13.4. The average molecular weight is 476 g/mol. The van der Waals surface area contributed by atoms with Crippen molar-refractivity contribution in [2.45, 2.75) is 30.3 Å². The van der Waals surface area contributed by atoms with Crippen LogP contribution in [0.3, 0.4) is 0 Å². The molecule has 1 aliphatic heterocycles. The van der Waals surface area contributed by atoms with E-state index in [9.17, 15) is 4.79 Å². The molecule has 4 aromatic rings. The lowest BCUT2D eigenvalue weighted by molar-refractivity contribution is -0.116. The number of rotatable bonds is 4. The number of nitrogens with one attached hydrogen (secondary N) is 2. The zero-order chi connectivity index (χ0) is 22.9. The van der Waals surface area contributed by atoms with E-state index in [1.807, 2.05) is 73.1 Å². The number of fused-ring (bicyclic) bond motifs is 1. The van der Waals surface area contributed by atoms with Crippen LogP contribution in [0.25, 0.3) is 11.4 Å². The van der Waals surface area contributed by atoms with Crippen LogP contribution in [0.2, 0.25) is 5.02 Å². The predicted molar refractivity (Wildman–Crippen MR) is 133 cm³/mol. The molecule has 1 aliphatic rings. The quantitative estimate of drug-likeness (QED) is 0.401. The van der Waals surface area contributed by atoms with Gasteiger partial charge in [-0.2, -0.15) is 0 Å². The van der Waals surface area contributed by atoms with Crippen LogP contribution < -0.4 is 10.7 Å². The molecule has 0 unspecified atom stereocenters. The minimum absolute atomic E-state index is 0.131. The fraction of sp³-hybridized carbons (Fsp3) is 0.160. The molecule has 1 amide bonds. The molecule has 0 saturated heterocycles. The summed E-state index contributed by atoms with van der Waals surface area (Å²) < 4.78 is 1.87. The van der Waals surface area contributed by atoms with Crippen LogP contribution >= 0.6 is 23.4 Å². The lowest BCUT2D eigenvalue weighted by Crippen LogP contribution is -2.41. The standard InChI is InChI=1S/C25H22ClN5OS/c1-15-8-11-17(12-9-15)21-22(24(32)27-19-13-10-16(2)20(26)14-19)33-25-29-28-23(31(25)30-21)18-6-4-3-5-7-18/h3-14,21-22,30H,1-2H3,(H,27,32)/t21-,22+/m0/s1. The Morgan fingerprint density at radius 1 is 1.03 bits per heavy atom. The second-order valence-corrected chi connectivity index (χ2v) is 9.53. The summed E-state index contributed by atoms with van der Waals surface area (Å²) >= 11 is 7.66. The number of anilines is 1. The molecular formula is C25H22ClN5OS. The minimum atomic E-state index is -0.465. The first-order valence-corrected chi connectivity index (χ1v) is 11.8. The average Bonchev–Trinajstić information content (AvgIpc) is 3.25. The van der Waals surface area contributed by atoms with Gasteiger partial charge in [-0.05, 0) is 37.1 Å². The maximum atomic E-state index is 13.4. The van der Waals surface area contributed by atoms with Gasteiger partial charge >= 0.3 is 0 Å². The first-order valence-electron chi connectivity index (χ1n) is 10.6. The Morgan fingerprint density at radius 2 is 1.79 bits per heavy atom. The zero-order valence-corrected chi connectivity index (χ0v) is 19.7. The molecule has 0 radical (unpaired) electrons. The number of hydrogen-bond acceptors (Lipinski definition) is 5. The van der Waals surface area contributed by atoms with E-state index in [4.69, 9.17) is 11.6 Å². The van der Waals surface area contributed by atoms with Crippen LogP contribution in [-0.2, 0) is 4.79 Å². The van der Waals surface area contributed by atoms with Gasteiger partial charge in [0, 0.05) is 16.3 Å². The van der Waals surface area contributed by atoms with Crippen molar-refractivity contribution in [2.75, 3.05) is 10.7 Å². The summed E-state index contributed by atoms with van der Waals surface area (Å²) in [6.07, 6.45) is 0. The predicted octanol–water partition coefficient (Wildman–Crippen LogP) is 5.61. The van der Waals surface area contributed by atoms with E-state index in [1.54, 1.807) is 6.07 Å². The molecule has 33 heavy (non-hydrogen) atoms. The third-order valence-corrected chi connectivity index (χ3v) is 7.23. The number of carbonyl (C=O) groups is 1. The van der Waals surface area contributed by atoms with E-state index < -0.39 is 5.25 Å². The molecule has 8 heteroatoms. The van der Waals surface area contributed by atoms with E-state index >= 15 is 0 Å². The number of thioether (sulfide) groups is 1. The molecule has 0 fully saturated rings. The van der Waals surface area contributed by atoms with Gasteiger partial charge in [-0.3, -0.25) is 4.79 Å². The van der Waals surface area contributed by atoms with E-state index in [0.717, 1.165) is 22.3 Å². The lowest BCUT2D eigenvalue weighted by atomic mass is 10.0. The van der Waals surface area contributed by atoms with Crippen molar-refractivity contribution < 1.29 is 4.79 Å². The maximum absolute atomic E-state index is 13.4. The monoisotopic (exact) mass is 475 g/mol. The number of aromatic nitrogens is 3. The van der Waals surface area contributed by atoms with Gasteiger partial charge < -0.3 is 10.7 Å². The fourth-order valence-electron chi connectivity index (χ4n) is 3.74. The highest BCUT2D eigenvalue weighted by Crippen LogP contribution is 2.39. The topological polar surface area (TPSA) is 71.8 Å². The third-order valence-electron chi connectivity index (χ3n) is 5.60. The molecule has 3 aromatic carbocycles. The zero-order valence-electron chi connectivity index (χ0n) is 18.1. The van der Waals surface area contributed by atoms with E-state index in [2.05, 4.69) is 33.1 Å². The van der Waals surface area contributed by atoms with Crippen LogP contribution in [0.5, 0.6) is 0 Å². The van der Waals surface area contributed by atoms with Crippen LogP contribution in [0, 0.1) is 13.8 Å². The van der Waals surface area contributed by atoms with E-state index in [0.29, 0.717) is 21.7 Å². The van der Waals surface area contributed by atoms with Gasteiger partial charge in [0.25, 0.3) is 0 Å². The number of nitrogens with zero attached hydrogens (tertiary/aromatic N) is 3. The van der Waals surface area contributed by atoms with Crippen molar-refractivity contribution in [1.29, 1.82) is 0 Å². The van der Waals surface area contributed by atoms with Gasteiger partial charge in [0.2, 0.25) is 11.1 Å². The highest BCUT2D eigenvalue weighted by Gasteiger charge is 2.38. The van der Waals surface area contributed by atoms with Crippen LogP contribution in [0.4, 0.5) is 5.69 Å². The second kappa shape index (κ2) is 8.92. The fourth-order valence-corrected chi connectivity index (χ4v) is 5.00. The Kier molecular flexibility index (Phi) is 5.83. The van der Waals surface area contributed by atoms with Crippen molar-refractivity contribution >= 4 is 35.0 Å². The number of aryl methyl sites for hydroxylation is 2. The Morgan fingerprint density at radius 3 is 2.52 bits per heavy atom. The van der Waals surface area contributed by atoms with Crippen LogP contribution in [0.1, 0.15) is 22.7 Å². The number of halogens is 1. The summed E-state index contributed by atoms with van der Waals surface area (Å²) in [7, 11) is 0. The smallest absolute Gasteiger partial charge is 0.240 e. The number of benzene rings is 3. The second-order valence-electron chi connectivity index (χ2n) is 8.02. The SMILES string of the molecule is Cc1ccc([C@@H]2Nn3c(nnc3-c3ccccc3)S[C@H]2C(=O)Nc2ccc(C)c(Cl)c2)cc1. The van der Waals surface area contributed by atoms with Crippen molar-refractivity contribution in [3.8, 4) is 11.4 Å². The molecule has 6 nitrogen and oxygen atoms in total. The largest absolute Gasteiger partial charge is 0.325 e. The van der Waals surface area contributed by atoms with Crippen molar-refractivity contribution in [1.82, 2.24) is 14.9 Å². The molecule has 2 heterocycles. The van der Waals surface area contributed by atoms with Crippen molar-refractivity contribution in [3.63, 3.8) is 0 Å². The molecule has 5 rings (SSSR count). The Labute approximate surface area is 201 Å².